The van der Waals surface area contributed by atoms with Gasteiger partial charge in [-0.3, -0.25) is 4.79 Å². The lowest BCUT2D eigenvalue weighted by atomic mass is 10.1. The maximum Gasteiger partial charge on any atom is 0.221 e. The Morgan fingerprint density at radius 2 is 1.84 bits per heavy atom. The summed E-state index contributed by atoms with van der Waals surface area (Å²) < 4.78 is 10.5. The van der Waals surface area contributed by atoms with E-state index in [1.807, 2.05) is 42.5 Å². The van der Waals surface area contributed by atoms with Crippen LogP contribution in [0.1, 0.15) is 17.5 Å². The Bertz CT molecular complexity index is 673. The van der Waals surface area contributed by atoms with E-state index in [9.17, 15) is 4.79 Å². The van der Waals surface area contributed by atoms with Gasteiger partial charge in [0.1, 0.15) is 11.5 Å². The Morgan fingerprint density at radius 3 is 2.64 bits per heavy atom. The Labute approximate surface area is 149 Å². The van der Waals surface area contributed by atoms with Gasteiger partial charge in [0, 0.05) is 25.1 Å². The molecular formula is C20H26N2O3. The molecule has 25 heavy (non-hydrogen) atoms. The van der Waals surface area contributed by atoms with Gasteiger partial charge in [-0.25, -0.2) is 0 Å². The van der Waals surface area contributed by atoms with Crippen LogP contribution in [0.15, 0.2) is 48.5 Å². The number of nitrogens with one attached hydrogen (secondary N) is 2. The summed E-state index contributed by atoms with van der Waals surface area (Å²) in [5.41, 5.74) is 2.19. The molecule has 5 nitrogen and oxygen atoms in total. The Morgan fingerprint density at radius 1 is 1.00 bits per heavy atom. The Kier molecular flexibility index (Phi) is 7.79. The minimum Gasteiger partial charge on any atom is -0.497 e. The lowest BCUT2D eigenvalue weighted by Gasteiger charge is -2.10. The fraction of sp³-hybridized carbons (Fsp3) is 0.350. The quantitative estimate of drug-likeness (QED) is 0.652. The smallest absolute Gasteiger partial charge is 0.221 e. The van der Waals surface area contributed by atoms with Gasteiger partial charge < -0.3 is 20.1 Å². The number of ether oxygens (including phenoxy) is 2. The molecule has 0 spiro atoms. The van der Waals surface area contributed by atoms with Crippen LogP contribution in [0.2, 0.25) is 0 Å². The van der Waals surface area contributed by atoms with Crippen molar-refractivity contribution in [3.05, 3.63) is 59.7 Å². The van der Waals surface area contributed by atoms with Crippen molar-refractivity contribution in [2.75, 3.05) is 27.3 Å². The molecule has 0 unspecified atom stereocenters. The third kappa shape index (κ3) is 6.47. The van der Waals surface area contributed by atoms with Crippen LogP contribution in [0.5, 0.6) is 11.5 Å². The first-order valence-electron chi connectivity index (χ1n) is 8.45. The van der Waals surface area contributed by atoms with Gasteiger partial charge in [-0.2, -0.15) is 0 Å². The lowest BCUT2D eigenvalue weighted by molar-refractivity contribution is -0.121. The fourth-order valence-electron chi connectivity index (χ4n) is 2.52. The predicted molar refractivity (Wildman–Crippen MR) is 99.0 cm³/mol. The van der Waals surface area contributed by atoms with Crippen LogP contribution in [-0.4, -0.2) is 33.2 Å². The third-order valence-corrected chi connectivity index (χ3v) is 3.92. The maximum atomic E-state index is 11.9. The largest absolute Gasteiger partial charge is 0.497 e. The maximum absolute atomic E-state index is 11.9. The zero-order valence-corrected chi connectivity index (χ0v) is 14.9. The SMILES string of the molecule is COc1cccc(CCNCCC(=O)NCc2ccccc2OC)c1. The normalized spacial score (nSPS) is 10.3. The Hall–Kier alpha value is -2.53. The van der Waals surface area contributed by atoms with Crippen molar-refractivity contribution < 1.29 is 14.3 Å². The highest BCUT2D eigenvalue weighted by Crippen LogP contribution is 2.16. The molecule has 2 aromatic rings. The van der Waals surface area contributed by atoms with Crippen molar-refractivity contribution in [3.63, 3.8) is 0 Å². The van der Waals surface area contributed by atoms with Gasteiger partial charge in [0.2, 0.25) is 5.91 Å². The molecule has 2 N–H and O–H groups in total. The first-order chi connectivity index (χ1) is 12.2. The van der Waals surface area contributed by atoms with E-state index in [1.165, 1.54) is 5.56 Å². The molecule has 0 aliphatic rings. The number of hydrogen-bond donors (Lipinski definition) is 2. The topological polar surface area (TPSA) is 59.6 Å². The minimum atomic E-state index is 0.0276. The Balaban J connectivity index is 1.62. The minimum absolute atomic E-state index is 0.0276. The molecule has 1 amide bonds. The fourth-order valence-corrected chi connectivity index (χ4v) is 2.52. The van der Waals surface area contributed by atoms with Crippen LogP contribution < -0.4 is 20.1 Å². The second kappa shape index (κ2) is 10.4. The zero-order valence-electron chi connectivity index (χ0n) is 14.9. The van der Waals surface area contributed by atoms with Crippen LogP contribution in [0.4, 0.5) is 0 Å². The van der Waals surface area contributed by atoms with E-state index in [0.717, 1.165) is 30.0 Å². The van der Waals surface area contributed by atoms with E-state index in [0.29, 0.717) is 19.5 Å². The molecule has 0 bridgehead atoms. The van der Waals surface area contributed by atoms with Crippen molar-refractivity contribution in [1.29, 1.82) is 0 Å². The summed E-state index contributed by atoms with van der Waals surface area (Å²) in [7, 11) is 3.30. The predicted octanol–water partition coefficient (Wildman–Crippen LogP) is 2.54. The zero-order chi connectivity index (χ0) is 17.9. The number of benzene rings is 2. The van der Waals surface area contributed by atoms with Gasteiger partial charge in [0.25, 0.3) is 0 Å². The molecule has 0 atom stereocenters. The van der Waals surface area contributed by atoms with E-state index in [1.54, 1.807) is 14.2 Å². The summed E-state index contributed by atoms with van der Waals surface area (Å²) >= 11 is 0. The van der Waals surface area contributed by atoms with Gasteiger partial charge in [0.05, 0.1) is 14.2 Å². The first-order valence-corrected chi connectivity index (χ1v) is 8.45. The second-order valence-corrected chi connectivity index (χ2v) is 5.69. The monoisotopic (exact) mass is 342 g/mol. The van der Waals surface area contributed by atoms with Crippen LogP contribution in [-0.2, 0) is 17.8 Å². The van der Waals surface area contributed by atoms with Crippen LogP contribution in [0.3, 0.4) is 0 Å². The van der Waals surface area contributed by atoms with Gasteiger partial charge >= 0.3 is 0 Å². The van der Waals surface area contributed by atoms with Crippen LogP contribution >= 0.6 is 0 Å². The molecule has 0 aliphatic carbocycles. The summed E-state index contributed by atoms with van der Waals surface area (Å²) in [6.45, 7) is 1.96. The van der Waals surface area contributed by atoms with Gasteiger partial charge in [-0.05, 0) is 36.7 Å². The number of carbonyl (C=O) groups excluding carboxylic acids is 1. The number of carbonyl (C=O) groups is 1. The first kappa shape index (κ1) is 18.8. The highest BCUT2D eigenvalue weighted by atomic mass is 16.5. The van der Waals surface area contributed by atoms with E-state index >= 15 is 0 Å². The highest BCUT2D eigenvalue weighted by Gasteiger charge is 2.05. The molecule has 0 aromatic heterocycles. The number of methoxy groups -OCH3 is 2. The average Bonchev–Trinajstić information content (AvgIpc) is 2.66. The van der Waals surface area contributed by atoms with Crippen LogP contribution in [0.25, 0.3) is 0 Å². The second-order valence-electron chi connectivity index (χ2n) is 5.69. The summed E-state index contributed by atoms with van der Waals surface area (Å²) in [5, 5.41) is 6.22. The van der Waals surface area contributed by atoms with Crippen molar-refractivity contribution in [1.82, 2.24) is 10.6 Å². The summed E-state index contributed by atoms with van der Waals surface area (Å²) in [6, 6.07) is 15.7. The van der Waals surface area contributed by atoms with E-state index in [2.05, 4.69) is 16.7 Å². The molecule has 2 aromatic carbocycles. The van der Waals surface area contributed by atoms with E-state index in [-0.39, 0.29) is 5.91 Å². The lowest BCUT2D eigenvalue weighted by Crippen LogP contribution is -2.28. The van der Waals surface area contributed by atoms with Crippen molar-refractivity contribution >= 4 is 5.91 Å². The third-order valence-electron chi connectivity index (χ3n) is 3.92. The molecule has 0 fully saturated rings. The molecule has 0 saturated carbocycles. The molecule has 134 valence electrons. The van der Waals surface area contributed by atoms with Crippen LogP contribution in [0, 0.1) is 0 Å². The molecule has 0 radical (unpaired) electrons. The average molecular weight is 342 g/mol. The molecule has 0 saturated heterocycles. The summed E-state index contributed by atoms with van der Waals surface area (Å²) in [5.74, 6) is 1.69. The van der Waals surface area contributed by atoms with Gasteiger partial charge in [0.15, 0.2) is 0 Å². The van der Waals surface area contributed by atoms with Crippen molar-refractivity contribution in [3.8, 4) is 11.5 Å². The molecule has 0 heterocycles. The van der Waals surface area contributed by atoms with Gasteiger partial charge in [-0.15, -0.1) is 0 Å². The summed E-state index contributed by atoms with van der Waals surface area (Å²) in [4.78, 5) is 11.9. The number of rotatable bonds is 10. The standard InChI is InChI=1S/C20H26N2O3/c1-24-18-8-5-6-16(14-18)10-12-21-13-11-20(23)22-15-17-7-3-4-9-19(17)25-2/h3-9,14,21H,10-13,15H2,1-2H3,(H,22,23). The van der Waals surface area contributed by atoms with E-state index in [4.69, 9.17) is 9.47 Å². The number of hydrogen-bond acceptors (Lipinski definition) is 4. The van der Waals surface area contributed by atoms with Gasteiger partial charge in [-0.1, -0.05) is 30.3 Å². The van der Waals surface area contributed by atoms with Crippen molar-refractivity contribution in [2.24, 2.45) is 0 Å². The summed E-state index contributed by atoms with van der Waals surface area (Å²) in [6.07, 6.45) is 1.35. The number of para-hydroxylation sites is 1. The molecule has 2 rings (SSSR count). The number of amides is 1. The highest BCUT2D eigenvalue weighted by molar-refractivity contribution is 5.76. The molecule has 0 aliphatic heterocycles. The molecular weight excluding hydrogens is 316 g/mol. The molecule has 5 heteroatoms. The van der Waals surface area contributed by atoms with E-state index < -0.39 is 0 Å². The van der Waals surface area contributed by atoms with Crippen molar-refractivity contribution in [2.45, 2.75) is 19.4 Å².